The summed E-state index contributed by atoms with van der Waals surface area (Å²) in [5, 5.41) is 0. The van der Waals surface area contributed by atoms with Crippen LogP contribution in [0.3, 0.4) is 0 Å². The number of nitrogen functional groups attached to an aromatic ring is 1. The van der Waals surface area contributed by atoms with Crippen molar-refractivity contribution in [3.05, 3.63) is 70.5 Å². The highest BCUT2D eigenvalue weighted by molar-refractivity contribution is 7.99. The summed E-state index contributed by atoms with van der Waals surface area (Å²) >= 11 is 1.37. The van der Waals surface area contributed by atoms with Gasteiger partial charge >= 0.3 is 12.3 Å². The highest BCUT2D eigenvalue weighted by Crippen LogP contribution is 2.43. The van der Waals surface area contributed by atoms with E-state index in [2.05, 4.69) is 9.71 Å². The summed E-state index contributed by atoms with van der Waals surface area (Å²) in [4.78, 5) is 20.9. The zero-order valence-corrected chi connectivity index (χ0v) is 18.4. The zero-order chi connectivity index (χ0) is 23.1. The first kappa shape index (κ1) is 21.3. The Labute approximate surface area is 191 Å². The lowest BCUT2D eigenvalue weighted by Gasteiger charge is -2.22. The molecule has 0 aliphatic carbocycles. The Morgan fingerprint density at radius 2 is 2.09 bits per heavy atom. The molecule has 3 heterocycles. The normalized spacial score (nSPS) is 15.2. The smallest absolute Gasteiger partial charge is 0.387 e. The molecular weight excluding hydrogens is 450 g/mol. The molecule has 2 aromatic heterocycles. The number of hydrogen-bond acceptors (Lipinski definition) is 7. The summed E-state index contributed by atoms with van der Waals surface area (Å²) in [6.45, 7) is -2.94. The summed E-state index contributed by atoms with van der Waals surface area (Å²) in [5.74, 6) is 1.11. The minimum absolute atomic E-state index is 0.124. The van der Waals surface area contributed by atoms with Gasteiger partial charge in [0.05, 0.1) is 28.5 Å². The van der Waals surface area contributed by atoms with Crippen LogP contribution in [-0.4, -0.2) is 32.0 Å². The van der Waals surface area contributed by atoms with E-state index < -0.39 is 12.3 Å². The second-order valence-corrected chi connectivity index (χ2v) is 8.14. The quantitative estimate of drug-likeness (QED) is 0.411. The number of fused-ring (bicyclic) bond motifs is 3. The molecule has 5 rings (SSSR count). The van der Waals surface area contributed by atoms with Gasteiger partial charge in [0.25, 0.3) is 0 Å². The molecule has 0 spiro atoms. The van der Waals surface area contributed by atoms with Crippen LogP contribution in [0.4, 0.5) is 20.3 Å². The maximum atomic E-state index is 13.2. The summed E-state index contributed by atoms with van der Waals surface area (Å²) < 4.78 is 37.9. The number of aryl methyl sites for hydroxylation is 1. The van der Waals surface area contributed by atoms with E-state index in [1.165, 1.54) is 16.5 Å². The van der Waals surface area contributed by atoms with E-state index in [0.717, 1.165) is 16.9 Å². The lowest BCUT2D eigenvalue weighted by Crippen LogP contribution is -2.21. The van der Waals surface area contributed by atoms with Crippen molar-refractivity contribution in [3.8, 4) is 11.4 Å². The summed E-state index contributed by atoms with van der Waals surface area (Å²) in [6, 6.07) is 11.8. The Bertz CT molecular complexity index is 1400. The van der Waals surface area contributed by atoms with Gasteiger partial charge in [-0.15, -0.1) is 0 Å². The van der Waals surface area contributed by atoms with E-state index in [0.29, 0.717) is 29.8 Å². The molecular formula is C22H20F2N6O2S. The number of rotatable bonds is 6. The van der Waals surface area contributed by atoms with E-state index in [4.69, 9.17) is 15.5 Å². The highest BCUT2D eigenvalue weighted by atomic mass is 32.2. The fraction of sp³-hybridized carbons (Fsp3) is 0.227. The predicted octanol–water partition coefficient (Wildman–Crippen LogP) is 3.99. The molecule has 170 valence electrons. The number of ether oxygens (including phenoxy) is 1. The second-order valence-electron chi connectivity index (χ2n) is 7.53. The molecule has 11 heteroatoms. The van der Waals surface area contributed by atoms with E-state index in [1.807, 2.05) is 29.0 Å². The number of imidazole rings is 1. The average Bonchev–Trinajstić information content (AvgIpc) is 3.33. The Balaban J connectivity index is 1.68. The van der Waals surface area contributed by atoms with Crippen LogP contribution in [0.15, 0.2) is 53.5 Å². The fourth-order valence-corrected chi connectivity index (χ4v) is 4.77. The van der Waals surface area contributed by atoms with Gasteiger partial charge in [0.15, 0.2) is 0 Å². The van der Waals surface area contributed by atoms with Crippen molar-refractivity contribution in [1.82, 2.24) is 19.1 Å². The number of aromatic nitrogens is 4. The topological polar surface area (TPSA) is 100.0 Å². The summed E-state index contributed by atoms with van der Waals surface area (Å²) in [5.41, 5.74) is 8.61. The van der Waals surface area contributed by atoms with Crippen LogP contribution in [0.2, 0.25) is 0 Å². The highest BCUT2D eigenvalue weighted by Gasteiger charge is 2.32. The van der Waals surface area contributed by atoms with Gasteiger partial charge in [-0.2, -0.15) is 13.8 Å². The van der Waals surface area contributed by atoms with Crippen molar-refractivity contribution in [1.29, 1.82) is 0 Å². The molecule has 0 saturated carbocycles. The minimum atomic E-state index is -2.94. The van der Waals surface area contributed by atoms with Crippen LogP contribution in [0.5, 0.6) is 5.75 Å². The number of anilines is 2. The molecule has 1 atom stereocenters. The monoisotopic (exact) mass is 470 g/mol. The number of halogens is 2. The molecule has 0 unspecified atom stereocenters. The molecule has 1 aliphatic rings. The number of nitrogens with two attached hydrogens (primary N) is 1. The molecule has 0 radical (unpaired) electrons. The molecule has 0 saturated heterocycles. The third-order valence-corrected chi connectivity index (χ3v) is 6.05. The van der Waals surface area contributed by atoms with Crippen molar-refractivity contribution < 1.29 is 13.5 Å². The molecule has 8 nitrogen and oxygen atoms in total. The average molecular weight is 471 g/mol. The third-order valence-electron chi connectivity index (χ3n) is 5.63. The summed E-state index contributed by atoms with van der Waals surface area (Å²) in [6.07, 6.45) is 4.79. The van der Waals surface area contributed by atoms with Crippen LogP contribution >= 0.6 is 11.9 Å². The number of nitrogens with zero attached hydrogens (tertiary/aromatic N) is 4. The van der Waals surface area contributed by atoms with Crippen LogP contribution < -0.4 is 20.9 Å². The molecule has 3 N–H and O–H groups in total. The van der Waals surface area contributed by atoms with Gasteiger partial charge in [-0.25, -0.2) is 9.78 Å². The molecule has 33 heavy (non-hydrogen) atoms. The maximum Gasteiger partial charge on any atom is 0.387 e. The Hall–Kier alpha value is -3.60. The maximum absolute atomic E-state index is 13.2. The minimum Gasteiger partial charge on any atom is -0.434 e. The van der Waals surface area contributed by atoms with Crippen LogP contribution in [0, 0.1) is 0 Å². The van der Waals surface area contributed by atoms with Gasteiger partial charge in [0, 0.05) is 24.4 Å². The van der Waals surface area contributed by atoms with E-state index in [1.54, 1.807) is 30.5 Å². The van der Waals surface area contributed by atoms with Gasteiger partial charge < -0.3 is 19.8 Å². The molecule has 0 bridgehead atoms. The largest absolute Gasteiger partial charge is 0.434 e. The lowest BCUT2D eigenvalue weighted by molar-refractivity contribution is -0.0506. The number of benzene rings is 2. The van der Waals surface area contributed by atoms with Gasteiger partial charge in [-0.1, -0.05) is 18.0 Å². The lowest BCUT2D eigenvalue weighted by atomic mass is 10.0. The second kappa shape index (κ2) is 8.39. The molecule has 0 fully saturated rings. The summed E-state index contributed by atoms with van der Waals surface area (Å²) in [7, 11) is 0. The van der Waals surface area contributed by atoms with Crippen molar-refractivity contribution in [2.45, 2.75) is 25.5 Å². The molecule has 1 aliphatic heterocycles. The fourth-order valence-electron chi connectivity index (χ4n) is 4.37. The Kier molecular flexibility index (Phi) is 5.41. The van der Waals surface area contributed by atoms with Gasteiger partial charge in [-0.3, -0.25) is 4.57 Å². The first-order valence-corrected chi connectivity index (χ1v) is 11.4. The van der Waals surface area contributed by atoms with E-state index >= 15 is 0 Å². The first-order valence-electron chi connectivity index (χ1n) is 10.2. The van der Waals surface area contributed by atoms with Crippen LogP contribution in [0.25, 0.3) is 16.7 Å². The number of hydrogen-bond donors (Lipinski definition) is 2. The van der Waals surface area contributed by atoms with Crippen molar-refractivity contribution >= 4 is 34.5 Å². The van der Waals surface area contributed by atoms with Crippen molar-refractivity contribution in [3.63, 3.8) is 0 Å². The Morgan fingerprint density at radius 3 is 2.85 bits per heavy atom. The van der Waals surface area contributed by atoms with Crippen molar-refractivity contribution in [2.24, 2.45) is 0 Å². The van der Waals surface area contributed by atoms with Crippen LogP contribution in [0.1, 0.15) is 23.9 Å². The van der Waals surface area contributed by atoms with Gasteiger partial charge in [0.2, 0.25) is 0 Å². The standard InChI is InChI=1S/C22H20F2N6O2S/c1-33-28-14-3-2-4-17(32-21(23)24)20(14)15-7-8-19-26-13-6-5-12(11-16(13)30(15)19)29-10-9-18(25)27-22(29)31/h2-6,9-11,15,21,28H,7-8H2,1H3,(H2,25,27,31)/t15-/m1/s1. The SMILES string of the molecule is CSNc1cccc(OC(F)F)c1[C@H]1CCc2nc3ccc(-n4ccc(N)nc4=O)cc3n21. The predicted molar refractivity (Wildman–Crippen MR) is 124 cm³/mol. The van der Waals surface area contributed by atoms with E-state index in [9.17, 15) is 13.6 Å². The van der Waals surface area contributed by atoms with Crippen LogP contribution in [-0.2, 0) is 6.42 Å². The number of alkyl halides is 2. The molecule has 0 amide bonds. The van der Waals surface area contributed by atoms with Gasteiger partial charge in [0.1, 0.15) is 17.4 Å². The Morgan fingerprint density at radius 1 is 1.24 bits per heavy atom. The number of nitrogens with one attached hydrogen (secondary N) is 1. The molecule has 2 aromatic carbocycles. The third kappa shape index (κ3) is 3.78. The van der Waals surface area contributed by atoms with Gasteiger partial charge in [-0.05, 0) is 42.8 Å². The van der Waals surface area contributed by atoms with E-state index in [-0.39, 0.29) is 17.6 Å². The zero-order valence-electron chi connectivity index (χ0n) is 17.5. The van der Waals surface area contributed by atoms with Crippen molar-refractivity contribution in [2.75, 3.05) is 16.7 Å². The molecule has 4 aromatic rings. The first-order chi connectivity index (χ1) is 16.0.